The van der Waals surface area contributed by atoms with Crippen molar-refractivity contribution in [3.63, 3.8) is 0 Å². The number of aromatic nitrogens is 1. The van der Waals surface area contributed by atoms with Gasteiger partial charge in [0.2, 0.25) is 0 Å². The van der Waals surface area contributed by atoms with Crippen molar-refractivity contribution in [3.05, 3.63) is 35.5 Å². The molecule has 0 aliphatic carbocycles. The molecule has 3 heteroatoms. The summed E-state index contributed by atoms with van der Waals surface area (Å²) in [6.07, 6.45) is 0. The van der Waals surface area contributed by atoms with E-state index in [-0.39, 0.29) is 11.9 Å². The quantitative estimate of drug-likeness (QED) is 0.845. The lowest BCUT2D eigenvalue weighted by molar-refractivity contribution is 0.0944. The number of amides is 1. The van der Waals surface area contributed by atoms with E-state index in [2.05, 4.69) is 9.88 Å². The largest absolute Gasteiger partial charge is 0.350 e. The lowest BCUT2D eigenvalue weighted by Gasteiger charge is -2.08. The fraction of sp³-hybridized carbons (Fsp3) is 0.357. The maximum atomic E-state index is 12.2. The number of para-hydroxylation sites is 1. The van der Waals surface area contributed by atoms with Gasteiger partial charge in [-0.3, -0.25) is 4.79 Å². The molecule has 0 bridgehead atoms. The lowest BCUT2D eigenvalue weighted by Crippen LogP contribution is -2.30. The fourth-order valence-corrected chi connectivity index (χ4v) is 2.14. The second-order valence-corrected chi connectivity index (χ2v) is 4.66. The average Bonchev–Trinajstić information content (AvgIpc) is 2.51. The third kappa shape index (κ3) is 1.93. The Hall–Kier alpha value is -1.77. The highest BCUT2D eigenvalue weighted by Crippen LogP contribution is 2.24. The van der Waals surface area contributed by atoms with Crippen LogP contribution in [-0.2, 0) is 7.05 Å². The van der Waals surface area contributed by atoms with Gasteiger partial charge in [0.15, 0.2) is 0 Å². The second kappa shape index (κ2) is 4.24. The van der Waals surface area contributed by atoms with Crippen LogP contribution in [0, 0.1) is 6.92 Å². The summed E-state index contributed by atoms with van der Waals surface area (Å²) in [5.41, 5.74) is 2.89. The molecular weight excluding hydrogens is 212 g/mol. The van der Waals surface area contributed by atoms with Crippen LogP contribution in [0.3, 0.4) is 0 Å². The highest BCUT2D eigenvalue weighted by molar-refractivity contribution is 6.08. The molecule has 0 unspecified atom stereocenters. The van der Waals surface area contributed by atoms with Crippen molar-refractivity contribution >= 4 is 16.8 Å². The second-order valence-electron chi connectivity index (χ2n) is 4.66. The molecular formula is C14H18N2O. The maximum absolute atomic E-state index is 12.2. The molecule has 1 heterocycles. The van der Waals surface area contributed by atoms with Gasteiger partial charge >= 0.3 is 0 Å². The molecule has 0 radical (unpaired) electrons. The number of carbonyl (C=O) groups excluding carboxylic acids is 1. The molecule has 17 heavy (non-hydrogen) atoms. The molecule has 2 rings (SSSR count). The van der Waals surface area contributed by atoms with Gasteiger partial charge in [0, 0.05) is 29.7 Å². The summed E-state index contributed by atoms with van der Waals surface area (Å²) in [6, 6.07) is 8.15. The third-order valence-electron chi connectivity index (χ3n) is 3.05. The fourth-order valence-electron chi connectivity index (χ4n) is 2.14. The maximum Gasteiger partial charge on any atom is 0.253 e. The first kappa shape index (κ1) is 11.7. The van der Waals surface area contributed by atoms with Crippen LogP contribution in [0.1, 0.15) is 29.9 Å². The number of nitrogens with one attached hydrogen (secondary N) is 1. The van der Waals surface area contributed by atoms with Gasteiger partial charge < -0.3 is 9.88 Å². The molecule has 1 amide bonds. The SMILES string of the molecule is Cc1c(C(=O)NC(C)C)c2ccccc2n1C. The Labute approximate surface area is 101 Å². The van der Waals surface area contributed by atoms with E-state index in [0.29, 0.717) is 0 Å². The van der Waals surface area contributed by atoms with Crippen molar-refractivity contribution < 1.29 is 4.79 Å². The van der Waals surface area contributed by atoms with E-state index in [1.54, 1.807) is 0 Å². The minimum Gasteiger partial charge on any atom is -0.350 e. The first-order valence-electron chi connectivity index (χ1n) is 5.87. The summed E-state index contributed by atoms with van der Waals surface area (Å²) in [5, 5.41) is 3.97. The molecule has 3 nitrogen and oxygen atoms in total. The lowest BCUT2D eigenvalue weighted by atomic mass is 10.1. The first-order valence-corrected chi connectivity index (χ1v) is 5.87. The van der Waals surface area contributed by atoms with Gasteiger partial charge in [0.05, 0.1) is 5.56 Å². The Morgan fingerprint density at radius 3 is 2.59 bits per heavy atom. The van der Waals surface area contributed by atoms with Gasteiger partial charge in [-0.05, 0) is 26.8 Å². The van der Waals surface area contributed by atoms with E-state index in [4.69, 9.17) is 0 Å². The summed E-state index contributed by atoms with van der Waals surface area (Å²) in [5.74, 6) is 0.00861. The molecule has 0 atom stereocenters. The molecule has 1 aromatic heterocycles. The van der Waals surface area contributed by atoms with E-state index < -0.39 is 0 Å². The molecule has 0 spiro atoms. The van der Waals surface area contributed by atoms with E-state index in [1.807, 2.05) is 52.1 Å². The zero-order valence-electron chi connectivity index (χ0n) is 10.7. The van der Waals surface area contributed by atoms with Gasteiger partial charge in [-0.15, -0.1) is 0 Å². The van der Waals surface area contributed by atoms with Crippen LogP contribution >= 0.6 is 0 Å². The van der Waals surface area contributed by atoms with Crippen molar-refractivity contribution in [3.8, 4) is 0 Å². The number of fused-ring (bicyclic) bond motifs is 1. The molecule has 0 saturated carbocycles. The van der Waals surface area contributed by atoms with Gasteiger partial charge in [-0.25, -0.2) is 0 Å². The van der Waals surface area contributed by atoms with Crippen LogP contribution in [0.15, 0.2) is 24.3 Å². The number of aryl methyl sites for hydroxylation is 1. The number of nitrogens with zero attached hydrogens (tertiary/aromatic N) is 1. The average molecular weight is 230 g/mol. The summed E-state index contributed by atoms with van der Waals surface area (Å²) in [6.45, 7) is 5.92. The molecule has 2 aromatic rings. The standard InChI is InChI=1S/C14H18N2O/c1-9(2)15-14(17)13-10(3)16(4)12-8-6-5-7-11(12)13/h5-9H,1-4H3,(H,15,17). The third-order valence-corrected chi connectivity index (χ3v) is 3.05. The molecule has 1 N–H and O–H groups in total. The van der Waals surface area contributed by atoms with Gasteiger partial charge in [-0.1, -0.05) is 18.2 Å². The predicted molar refractivity (Wildman–Crippen MR) is 70.3 cm³/mol. The Bertz CT molecular complexity index is 567. The minimum atomic E-state index is 0.00861. The highest BCUT2D eigenvalue weighted by Gasteiger charge is 2.18. The van der Waals surface area contributed by atoms with Crippen molar-refractivity contribution in [2.24, 2.45) is 7.05 Å². The topological polar surface area (TPSA) is 34.0 Å². The Kier molecular flexibility index (Phi) is 2.92. The predicted octanol–water partition coefficient (Wildman–Crippen LogP) is 2.62. The minimum absolute atomic E-state index is 0.00861. The summed E-state index contributed by atoms with van der Waals surface area (Å²) in [4.78, 5) is 12.2. The number of hydrogen-bond donors (Lipinski definition) is 1. The normalized spacial score (nSPS) is 11.1. The highest BCUT2D eigenvalue weighted by atomic mass is 16.1. The van der Waals surface area contributed by atoms with E-state index in [9.17, 15) is 4.79 Å². The summed E-state index contributed by atoms with van der Waals surface area (Å²) < 4.78 is 2.06. The van der Waals surface area contributed by atoms with Crippen molar-refractivity contribution in [2.75, 3.05) is 0 Å². The van der Waals surface area contributed by atoms with E-state index in [0.717, 1.165) is 22.2 Å². The van der Waals surface area contributed by atoms with Gasteiger partial charge in [-0.2, -0.15) is 0 Å². The molecule has 90 valence electrons. The zero-order valence-corrected chi connectivity index (χ0v) is 10.7. The number of hydrogen-bond acceptors (Lipinski definition) is 1. The number of carbonyl (C=O) groups is 1. The number of benzene rings is 1. The van der Waals surface area contributed by atoms with Gasteiger partial charge in [0.1, 0.15) is 0 Å². The van der Waals surface area contributed by atoms with Crippen LogP contribution in [0.25, 0.3) is 10.9 Å². The van der Waals surface area contributed by atoms with Crippen molar-refractivity contribution in [1.82, 2.24) is 9.88 Å². The molecule has 0 saturated heterocycles. The monoisotopic (exact) mass is 230 g/mol. The molecule has 1 aromatic carbocycles. The van der Waals surface area contributed by atoms with Crippen LogP contribution in [0.4, 0.5) is 0 Å². The summed E-state index contributed by atoms with van der Waals surface area (Å²) >= 11 is 0. The Morgan fingerprint density at radius 1 is 1.29 bits per heavy atom. The van der Waals surface area contributed by atoms with Crippen LogP contribution in [0.5, 0.6) is 0 Å². The Balaban J connectivity index is 2.61. The van der Waals surface area contributed by atoms with Crippen LogP contribution in [0.2, 0.25) is 0 Å². The number of rotatable bonds is 2. The van der Waals surface area contributed by atoms with Gasteiger partial charge in [0.25, 0.3) is 5.91 Å². The van der Waals surface area contributed by atoms with E-state index in [1.165, 1.54) is 0 Å². The van der Waals surface area contributed by atoms with Crippen LogP contribution in [-0.4, -0.2) is 16.5 Å². The zero-order chi connectivity index (χ0) is 12.6. The van der Waals surface area contributed by atoms with E-state index >= 15 is 0 Å². The summed E-state index contributed by atoms with van der Waals surface area (Å²) in [7, 11) is 1.99. The first-order chi connectivity index (χ1) is 8.02. The van der Waals surface area contributed by atoms with Crippen molar-refractivity contribution in [1.29, 1.82) is 0 Å². The Morgan fingerprint density at radius 2 is 1.94 bits per heavy atom. The molecule has 0 fully saturated rings. The molecule has 0 aliphatic rings. The van der Waals surface area contributed by atoms with Crippen LogP contribution < -0.4 is 5.32 Å². The smallest absolute Gasteiger partial charge is 0.253 e. The molecule has 0 aliphatic heterocycles. The van der Waals surface area contributed by atoms with Crippen molar-refractivity contribution in [2.45, 2.75) is 26.8 Å².